The molecular weight excluding hydrogens is 296 g/mol. The van der Waals surface area contributed by atoms with Gasteiger partial charge in [0.05, 0.1) is 6.61 Å². The fraction of sp³-hybridized carbons (Fsp3) is 0.600. The number of benzene rings is 1. The molecular formula is C15H23F2NO2S. The van der Waals surface area contributed by atoms with Gasteiger partial charge in [0.25, 0.3) is 0 Å². The van der Waals surface area contributed by atoms with Crippen LogP contribution in [-0.4, -0.2) is 31.8 Å². The molecule has 1 aromatic carbocycles. The molecule has 0 aliphatic carbocycles. The zero-order valence-corrected chi connectivity index (χ0v) is 13.3. The molecule has 0 radical (unpaired) electrons. The summed E-state index contributed by atoms with van der Waals surface area (Å²) < 4.78 is 34.4. The maximum atomic E-state index is 12.3. The van der Waals surface area contributed by atoms with E-state index in [1.54, 1.807) is 12.1 Å². The minimum absolute atomic E-state index is 0.0792. The fourth-order valence-corrected chi connectivity index (χ4v) is 2.35. The Morgan fingerprint density at radius 2 is 2.05 bits per heavy atom. The minimum Gasteiger partial charge on any atom is -0.490 e. The topological polar surface area (TPSA) is 30.5 Å². The van der Waals surface area contributed by atoms with Gasteiger partial charge in [-0.2, -0.15) is 20.5 Å². The Bertz CT molecular complexity index is 405. The summed E-state index contributed by atoms with van der Waals surface area (Å²) in [6, 6.07) is 5.05. The van der Waals surface area contributed by atoms with Crippen LogP contribution in [0.5, 0.6) is 11.5 Å². The van der Waals surface area contributed by atoms with Gasteiger partial charge in [0.1, 0.15) is 0 Å². The molecule has 0 heterocycles. The first-order chi connectivity index (χ1) is 10.2. The molecule has 21 heavy (non-hydrogen) atoms. The second kappa shape index (κ2) is 10.7. The second-order valence-corrected chi connectivity index (χ2v) is 5.45. The largest absolute Gasteiger partial charge is 0.490 e. The van der Waals surface area contributed by atoms with E-state index in [9.17, 15) is 8.78 Å². The van der Waals surface area contributed by atoms with Crippen molar-refractivity contribution < 1.29 is 18.3 Å². The SMILES string of the molecule is CCOc1cc(CNCCCCSC)ccc1OC(F)F. The van der Waals surface area contributed by atoms with Crippen LogP contribution in [0.15, 0.2) is 18.2 Å². The summed E-state index contributed by atoms with van der Waals surface area (Å²) in [6.45, 7) is 1.01. The summed E-state index contributed by atoms with van der Waals surface area (Å²) in [5.41, 5.74) is 0.991. The van der Waals surface area contributed by atoms with Gasteiger partial charge in [0, 0.05) is 6.54 Å². The van der Waals surface area contributed by atoms with Gasteiger partial charge in [-0.05, 0) is 56.0 Å². The fourth-order valence-electron chi connectivity index (χ4n) is 1.85. The molecule has 0 saturated heterocycles. The van der Waals surface area contributed by atoms with Crippen LogP contribution in [0.25, 0.3) is 0 Å². The number of alkyl halides is 2. The molecule has 0 fully saturated rings. The number of hydrogen-bond acceptors (Lipinski definition) is 4. The maximum Gasteiger partial charge on any atom is 0.387 e. The smallest absolute Gasteiger partial charge is 0.387 e. The van der Waals surface area contributed by atoms with Crippen molar-refractivity contribution >= 4 is 11.8 Å². The highest BCUT2D eigenvalue weighted by Gasteiger charge is 2.11. The number of hydrogen-bond donors (Lipinski definition) is 1. The van der Waals surface area contributed by atoms with Gasteiger partial charge in [-0.25, -0.2) is 0 Å². The molecule has 0 amide bonds. The number of unbranched alkanes of at least 4 members (excludes halogenated alkanes) is 1. The van der Waals surface area contributed by atoms with Crippen molar-refractivity contribution in [1.82, 2.24) is 5.32 Å². The summed E-state index contributed by atoms with van der Waals surface area (Å²) in [6.07, 6.45) is 4.43. The van der Waals surface area contributed by atoms with E-state index in [0.29, 0.717) is 18.9 Å². The van der Waals surface area contributed by atoms with Crippen molar-refractivity contribution in [3.8, 4) is 11.5 Å². The molecule has 1 rings (SSSR count). The monoisotopic (exact) mass is 319 g/mol. The van der Waals surface area contributed by atoms with E-state index in [4.69, 9.17) is 4.74 Å². The van der Waals surface area contributed by atoms with Crippen molar-refractivity contribution in [1.29, 1.82) is 0 Å². The number of nitrogens with one attached hydrogen (secondary N) is 1. The minimum atomic E-state index is -2.84. The lowest BCUT2D eigenvalue weighted by molar-refractivity contribution is -0.0514. The third-order valence-corrected chi connectivity index (χ3v) is 3.50. The molecule has 0 bridgehead atoms. The van der Waals surface area contributed by atoms with Crippen molar-refractivity contribution in [3.63, 3.8) is 0 Å². The van der Waals surface area contributed by atoms with Crippen LogP contribution in [0.4, 0.5) is 8.78 Å². The first-order valence-electron chi connectivity index (χ1n) is 7.07. The Hall–Kier alpha value is -1.01. The van der Waals surface area contributed by atoms with E-state index in [1.807, 2.05) is 18.7 Å². The zero-order chi connectivity index (χ0) is 15.5. The van der Waals surface area contributed by atoms with Crippen molar-refractivity contribution in [2.75, 3.05) is 25.2 Å². The third kappa shape index (κ3) is 7.52. The van der Waals surface area contributed by atoms with Gasteiger partial charge < -0.3 is 14.8 Å². The highest BCUT2D eigenvalue weighted by molar-refractivity contribution is 7.98. The Kier molecular flexibility index (Phi) is 9.17. The lowest BCUT2D eigenvalue weighted by Crippen LogP contribution is -2.15. The summed E-state index contributed by atoms with van der Waals surface area (Å²) in [5, 5.41) is 3.34. The van der Waals surface area contributed by atoms with E-state index in [2.05, 4.69) is 16.3 Å². The average molecular weight is 319 g/mol. The van der Waals surface area contributed by atoms with Gasteiger partial charge in [0.2, 0.25) is 0 Å². The Morgan fingerprint density at radius 1 is 1.24 bits per heavy atom. The van der Waals surface area contributed by atoms with Gasteiger partial charge in [-0.1, -0.05) is 6.07 Å². The van der Waals surface area contributed by atoms with E-state index < -0.39 is 6.61 Å². The molecule has 0 spiro atoms. The van der Waals surface area contributed by atoms with E-state index in [0.717, 1.165) is 18.5 Å². The average Bonchev–Trinajstić information content (AvgIpc) is 2.45. The number of rotatable bonds is 11. The third-order valence-electron chi connectivity index (χ3n) is 2.81. The maximum absolute atomic E-state index is 12.3. The van der Waals surface area contributed by atoms with Gasteiger partial charge in [-0.3, -0.25) is 0 Å². The van der Waals surface area contributed by atoms with Crippen LogP contribution in [0.3, 0.4) is 0 Å². The first-order valence-corrected chi connectivity index (χ1v) is 8.47. The second-order valence-electron chi connectivity index (χ2n) is 4.47. The van der Waals surface area contributed by atoms with Crippen LogP contribution in [0.1, 0.15) is 25.3 Å². The quantitative estimate of drug-likeness (QED) is 0.626. The highest BCUT2D eigenvalue weighted by Crippen LogP contribution is 2.29. The first kappa shape index (κ1) is 18.0. The van der Waals surface area contributed by atoms with Crippen LogP contribution >= 0.6 is 11.8 Å². The Morgan fingerprint density at radius 3 is 2.71 bits per heavy atom. The summed E-state index contributed by atoms with van der Waals surface area (Å²) >= 11 is 1.85. The molecule has 0 aliphatic rings. The molecule has 120 valence electrons. The molecule has 1 N–H and O–H groups in total. The van der Waals surface area contributed by atoms with Crippen LogP contribution in [0.2, 0.25) is 0 Å². The number of ether oxygens (including phenoxy) is 2. The lowest BCUT2D eigenvalue weighted by atomic mass is 10.2. The number of thioether (sulfide) groups is 1. The van der Waals surface area contributed by atoms with E-state index >= 15 is 0 Å². The van der Waals surface area contributed by atoms with Crippen molar-refractivity contribution in [3.05, 3.63) is 23.8 Å². The van der Waals surface area contributed by atoms with Crippen molar-refractivity contribution in [2.45, 2.75) is 32.9 Å². The zero-order valence-electron chi connectivity index (χ0n) is 12.5. The molecule has 0 unspecified atom stereocenters. The predicted molar refractivity (Wildman–Crippen MR) is 83.6 cm³/mol. The van der Waals surface area contributed by atoms with E-state index in [-0.39, 0.29) is 5.75 Å². The standard InChI is InChI=1S/C15H23F2NO2S/c1-3-19-14-10-12(6-7-13(14)20-15(16)17)11-18-8-4-5-9-21-2/h6-7,10,15,18H,3-5,8-9,11H2,1-2H3. The van der Waals surface area contributed by atoms with Crippen LogP contribution < -0.4 is 14.8 Å². The molecule has 3 nitrogen and oxygen atoms in total. The van der Waals surface area contributed by atoms with Crippen molar-refractivity contribution in [2.24, 2.45) is 0 Å². The predicted octanol–water partition coefficient (Wildman–Crippen LogP) is 3.92. The van der Waals surface area contributed by atoms with Crippen LogP contribution in [0, 0.1) is 0 Å². The summed E-state index contributed by atoms with van der Waals surface area (Å²) in [5.74, 6) is 1.62. The normalized spacial score (nSPS) is 10.9. The highest BCUT2D eigenvalue weighted by atomic mass is 32.2. The molecule has 0 atom stereocenters. The van der Waals surface area contributed by atoms with Gasteiger partial charge >= 0.3 is 6.61 Å². The van der Waals surface area contributed by atoms with Gasteiger partial charge in [-0.15, -0.1) is 0 Å². The molecule has 0 aliphatic heterocycles. The van der Waals surface area contributed by atoms with Gasteiger partial charge in [0.15, 0.2) is 11.5 Å². The lowest BCUT2D eigenvalue weighted by Gasteiger charge is -2.13. The van der Waals surface area contributed by atoms with E-state index in [1.165, 1.54) is 18.2 Å². The number of halogens is 2. The Balaban J connectivity index is 2.49. The van der Waals surface area contributed by atoms with Crippen LogP contribution in [-0.2, 0) is 6.54 Å². The molecule has 1 aromatic rings. The Labute approximate surface area is 129 Å². The summed E-state index contributed by atoms with van der Waals surface area (Å²) in [4.78, 5) is 0. The molecule has 6 heteroatoms. The summed E-state index contributed by atoms with van der Waals surface area (Å²) in [7, 11) is 0. The molecule has 0 aromatic heterocycles. The molecule has 0 saturated carbocycles.